The number of carbonyl (C=O) groups is 2. The maximum Gasteiger partial charge on any atom is 0.254 e. The number of amides is 2. The number of aromatic nitrogens is 3. The third kappa shape index (κ3) is 4.64. The van der Waals surface area contributed by atoms with Crippen molar-refractivity contribution in [3.63, 3.8) is 0 Å². The highest BCUT2D eigenvalue weighted by atomic mass is 32.2. The Morgan fingerprint density at radius 2 is 2.00 bits per heavy atom. The second kappa shape index (κ2) is 9.70. The van der Waals surface area contributed by atoms with E-state index in [1.165, 1.54) is 0 Å². The lowest BCUT2D eigenvalue weighted by atomic mass is 10.0. The molecule has 11 heteroatoms. The summed E-state index contributed by atoms with van der Waals surface area (Å²) in [6.07, 6.45) is 9.38. The summed E-state index contributed by atoms with van der Waals surface area (Å²) in [5, 5.41) is 10.8. The van der Waals surface area contributed by atoms with Crippen molar-refractivity contribution < 1.29 is 9.59 Å². The van der Waals surface area contributed by atoms with Crippen LogP contribution >= 0.6 is 23.1 Å². The molecule has 1 saturated carbocycles. The highest BCUT2D eigenvalue weighted by Gasteiger charge is 2.31. The smallest absolute Gasteiger partial charge is 0.254 e. The molecule has 2 atom stereocenters. The van der Waals surface area contributed by atoms with E-state index in [-0.39, 0.29) is 11.8 Å². The largest absolute Gasteiger partial charge is 0.359 e. The molecule has 1 aromatic carbocycles. The van der Waals surface area contributed by atoms with Gasteiger partial charge in [-0.25, -0.2) is 15.0 Å². The van der Waals surface area contributed by atoms with E-state index in [2.05, 4.69) is 25.9 Å². The van der Waals surface area contributed by atoms with Gasteiger partial charge in [0.25, 0.3) is 5.91 Å². The SMILES string of the molecule is CSc1cnc(N[C@H]2CC[C@H](Nc3nc4ccc(C(=O)N5CCC6=C(CNC6=O)C5)cc4s3)C2)nc1. The number of nitrogens with one attached hydrogen (secondary N) is 3. The van der Waals surface area contributed by atoms with Gasteiger partial charge >= 0.3 is 0 Å². The molecule has 6 rings (SSSR count). The number of anilines is 2. The highest BCUT2D eigenvalue weighted by Crippen LogP contribution is 2.31. The molecule has 3 aromatic rings. The molecule has 0 unspecified atom stereocenters. The number of hydrogen-bond donors (Lipinski definition) is 3. The Balaban J connectivity index is 1.08. The molecule has 2 aromatic heterocycles. The van der Waals surface area contributed by atoms with Gasteiger partial charge in [0, 0.05) is 60.1 Å². The van der Waals surface area contributed by atoms with Gasteiger partial charge in [0.05, 0.1) is 10.2 Å². The minimum absolute atomic E-state index is 0.00296. The van der Waals surface area contributed by atoms with Crippen molar-refractivity contribution in [2.24, 2.45) is 0 Å². The Bertz CT molecular complexity index is 1350. The number of thioether (sulfide) groups is 1. The zero-order chi connectivity index (χ0) is 24.6. The van der Waals surface area contributed by atoms with Crippen LogP contribution in [-0.4, -0.2) is 69.6 Å². The lowest BCUT2D eigenvalue weighted by molar-refractivity contribution is -0.116. The molecule has 9 nitrogen and oxygen atoms in total. The van der Waals surface area contributed by atoms with Crippen molar-refractivity contribution in [1.29, 1.82) is 0 Å². The summed E-state index contributed by atoms with van der Waals surface area (Å²) in [4.78, 5) is 41.5. The lowest BCUT2D eigenvalue weighted by Crippen LogP contribution is -2.37. The molecule has 3 aliphatic rings. The number of thiazole rings is 1. The zero-order valence-electron chi connectivity index (χ0n) is 19.9. The monoisotopic (exact) mass is 521 g/mol. The minimum Gasteiger partial charge on any atom is -0.359 e. The van der Waals surface area contributed by atoms with Gasteiger partial charge in [-0.2, -0.15) is 0 Å². The van der Waals surface area contributed by atoms with Gasteiger partial charge in [0.1, 0.15) is 0 Å². The normalized spacial score (nSPS) is 21.6. The van der Waals surface area contributed by atoms with Crippen molar-refractivity contribution >= 4 is 56.2 Å². The van der Waals surface area contributed by atoms with Crippen molar-refractivity contribution in [2.75, 3.05) is 36.5 Å². The lowest BCUT2D eigenvalue weighted by Gasteiger charge is -2.27. The van der Waals surface area contributed by atoms with Crippen LogP contribution in [0.25, 0.3) is 10.2 Å². The first-order valence-corrected chi connectivity index (χ1v) is 14.2. The van der Waals surface area contributed by atoms with E-state index in [0.29, 0.717) is 49.7 Å². The first kappa shape index (κ1) is 23.2. The van der Waals surface area contributed by atoms with Gasteiger partial charge in [0.2, 0.25) is 11.9 Å². The zero-order valence-corrected chi connectivity index (χ0v) is 21.5. The van der Waals surface area contributed by atoms with Crippen LogP contribution in [0.15, 0.2) is 46.6 Å². The van der Waals surface area contributed by atoms with Crippen LogP contribution in [0.4, 0.5) is 11.1 Å². The van der Waals surface area contributed by atoms with E-state index in [1.807, 2.05) is 41.7 Å². The molecule has 0 spiro atoms. The fraction of sp³-hybridized carbons (Fsp3) is 0.400. The van der Waals surface area contributed by atoms with Crippen molar-refractivity contribution in [2.45, 2.75) is 42.7 Å². The maximum absolute atomic E-state index is 13.2. The predicted octanol–water partition coefficient (Wildman–Crippen LogP) is 3.53. The molecular weight excluding hydrogens is 494 g/mol. The van der Waals surface area contributed by atoms with E-state index in [0.717, 1.165) is 50.7 Å². The Morgan fingerprint density at radius 1 is 1.19 bits per heavy atom. The average molecular weight is 522 g/mol. The third-order valence-electron chi connectivity index (χ3n) is 7.06. The minimum atomic E-state index is 0.00296. The van der Waals surface area contributed by atoms with Crippen LogP contribution in [0.5, 0.6) is 0 Å². The van der Waals surface area contributed by atoms with Gasteiger partial charge < -0.3 is 20.9 Å². The van der Waals surface area contributed by atoms with E-state index >= 15 is 0 Å². The fourth-order valence-electron chi connectivity index (χ4n) is 5.13. The van der Waals surface area contributed by atoms with Gasteiger partial charge in [-0.1, -0.05) is 11.3 Å². The summed E-state index contributed by atoms with van der Waals surface area (Å²) in [5.41, 5.74) is 3.45. The van der Waals surface area contributed by atoms with E-state index < -0.39 is 0 Å². The van der Waals surface area contributed by atoms with Crippen LogP contribution in [0.1, 0.15) is 36.0 Å². The van der Waals surface area contributed by atoms with Crippen LogP contribution in [-0.2, 0) is 4.79 Å². The molecule has 3 N–H and O–H groups in total. The van der Waals surface area contributed by atoms with Gasteiger partial charge in [0.15, 0.2) is 5.13 Å². The van der Waals surface area contributed by atoms with E-state index in [9.17, 15) is 9.59 Å². The molecule has 0 radical (unpaired) electrons. The molecule has 0 bridgehead atoms. The molecule has 36 heavy (non-hydrogen) atoms. The maximum atomic E-state index is 13.2. The predicted molar refractivity (Wildman–Crippen MR) is 143 cm³/mol. The van der Waals surface area contributed by atoms with Crippen LogP contribution < -0.4 is 16.0 Å². The molecule has 1 fully saturated rings. The average Bonchev–Trinajstić information content (AvgIpc) is 3.62. The summed E-state index contributed by atoms with van der Waals surface area (Å²) < 4.78 is 0.993. The number of fused-ring (bicyclic) bond motifs is 1. The van der Waals surface area contributed by atoms with Gasteiger partial charge in [-0.05, 0) is 55.7 Å². The summed E-state index contributed by atoms with van der Waals surface area (Å²) in [6.45, 7) is 1.64. The molecule has 2 aliphatic heterocycles. The molecule has 1 aliphatic carbocycles. The second-order valence-electron chi connectivity index (χ2n) is 9.39. The third-order valence-corrected chi connectivity index (χ3v) is 8.69. The Hall–Kier alpha value is -3.18. The van der Waals surface area contributed by atoms with Crippen molar-refractivity contribution in [1.82, 2.24) is 25.2 Å². The molecule has 0 saturated heterocycles. The van der Waals surface area contributed by atoms with Crippen LogP contribution in [0.2, 0.25) is 0 Å². The fourth-order valence-corrected chi connectivity index (χ4v) is 6.43. The van der Waals surface area contributed by atoms with Crippen LogP contribution in [0.3, 0.4) is 0 Å². The number of nitrogens with zero attached hydrogens (tertiary/aromatic N) is 4. The summed E-state index contributed by atoms with van der Waals surface area (Å²) >= 11 is 3.21. The summed E-state index contributed by atoms with van der Waals surface area (Å²) in [6, 6.07) is 6.37. The number of rotatable bonds is 6. The molecule has 4 heterocycles. The number of hydrogen-bond acceptors (Lipinski definition) is 9. The first-order chi connectivity index (χ1) is 17.6. The summed E-state index contributed by atoms with van der Waals surface area (Å²) in [5.74, 6) is 0.696. The van der Waals surface area contributed by atoms with Crippen LogP contribution in [0, 0.1) is 0 Å². The molecule has 2 amide bonds. The number of benzene rings is 1. The number of carbonyl (C=O) groups excluding carboxylic acids is 2. The standard InChI is InChI=1S/C25H27N7O2S2/c1-35-18-11-27-24(28-12-18)29-16-3-4-17(9-16)30-25-31-20-5-2-14(8-21(20)36-25)23(34)32-7-6-19-15(13-32)10-26-22(19)33/h2,5,8,11-12,16-17H,3-4,6-7,9-10,13H2,1H3,(H,26,33)(H,30,31)(H,27,28,29)/t16-,17-/m0/s1. The Kier molecular flexibility index (Phi) is 6.26. The van der Waals surface area contributed by atoms with E-state index in [4.69, 9.17) is 4.98 Å². The van der Waals surface area contributed by atoms with Crippen molar-refractivity contribution in [3.05, 3.63) is 47.3 Å². The quantitative estimate of drug-likeness (QED) is 0.423. The Morgan fingerprint density at radius 3 is 2.81 bits per heavy atom. The van der Waals surface area contributed by atoms with Gasteiger partial charge in [-0.15, -0.1) is 11.8 Å². The second-order valence-corrected chi connectivity index (χ2v) is 11.3. The van der Waals surface area contributed by atoms with Gasteiger partial charge in [-0.3, -0.25) is 9.59 Å². The first-order valence-electron chi connectivity index (χ1n) is 12.1. The molecular formula is C25H27N7O2S2. The summed E-state index contributed by atoms with van der Waals surface area (Å²) in [7, 11) is 0. The van der Waals surface area contributed by atoms with E-state index in [1.54, 1.807) is 23.1 Å². The Labute approximate surface area is 217 Å². The molecule has 186 valence electrons. The topological polar surface area (TPSA) is 112 Å². The van der Waals surface area contributed by atoms with Crippen molar-refractivity contribution in [3.8, 4) is 0 Å². The highest BCUT2D eigenvalue weighted by molar-refractivity contribution is 7.98.